The monoisotopic (exact) mass is 336 g/mol. The SMILES string of the molecule is C=C/C(C(=O)NC1CCCC1)=C1/NC(=C2CC2)C=C(C(F)F)N1N. The van der Waals surface area contributed by atoms with Crippen molar-refractivity contribution in [2.75, 3.05) is 0 Å². The van der Waals surface area contributed by atoms with Crippen LogP contribution in [0.3, 0.4) is 0 Å². The molecule has 130 valence electrons. The third kappa shape index (κ3) is 3.36. The molecule has 24 heavy (non-hydrogen) atoms. The Morgan fingerprint density at radius 2 is 2.08 bits per heavy atom. The first kappa shape index (κ1) is 16.7. The summed E-state index contributed by atoms with van der Waals surface area (Å²) in [6, 6.07) is 0.120. The van der Waals surface area contributed by atoms with Crippen molar-refractivity contribution in [3.05, 3.63) is 47.1 Å². The number of carbonyl (C=O) groups excluding carboxylic acids is 1. The van der Waals surface area contributed by atoms with E-state index < -0.39 is 6.43 Å². The van der Waals surface area contributed by atoms with E-state index in [1.807, 2.05) is 0 Å². The van der Waals surface area contributed by atoms with Gasteiger partial charge in [0.1, 0.15) is 11.5 Å². The van der Waals surface area contributed by atoms with Crippen LogP contribution in [-0.2, 0) is 4.79 Å². The summed E-state index contributed by atoms with van der Waals surface area (Å²) < 4.78 is 26.6. The number of halogens is 2. The molecule has 0 aromatic heterocycles. The van der Waals surface area contributed by atoms with Crippen LogP contribution in [0.5, 0.6) is 0 Å². The number of nitrogens with one attached hydrogen (secondary N) is 2. The zero-order valence-corrected chi connectivity index (χ0v) is 13.4. The number of alkyl halides is 2. The van der Waals surface area contributed by atoms with Gasteiger partial charge in [0.25, 0.3) is 12.3 Å². The minimum absolute atomic E-state index is 0.120. The lowest BCUT2D eigenvalue weighted by Gasteiger charge is -2.32. The van der Waals surface area contributed by atoms with Gasteiger partial charge < -0.3 is 10.6 Å². The number of hydrogen-bond acceptors (Lipinski definition) is 4. The van der Waals surface area contributed by atoms with E-state index in [4.69, 9.17) is 5.84 Å². The average Bonchev–Trinajstić information content (AvgIpc) is 3.27. The Hall–Kier alpha value is -2.15. The molecule has 3 rings (SSSR count). The molecule has 0 aromatic carbocycles. The van der Waals surface area contributed by atoms with E-state index in [0.29, 0.717) is 5.70 Å². The first-order valence-electron chi connectivity index (χ1n) is 8.22. The molecule has 0 aromatic rings. The molecule has 7 heteroatoms. The number of nitrogens with zero attached hydrogens (tertiary/aromatic N) is 1. The Bertz CT molecular complexity index is 639. The maximum Gasteiger partial charge on any atom is 0.280 e. The van der Waals surface area contributed by atoms with Gasteiger partial charge in [0, 0.05) is 11.7 Å². The summed E-state index contributed by atoms with van der Waals surface area (Å²) in [5.41, 5.74) is 1.51. The predicted octanol–water partition coefficient (Wildman–Crippen LogP) is 2.42. The van der Waals surface area contributed by atoms with Crippen molar-refractivity contribution in [1.82, 2.24) is 15.6 Å². The van der Waals surface area contributed by atoms with Gasteiger partial charge in [-0.25, -0.2) is 14.6 Å². The van der Waals surface area contributed by atoms with E-state index in [9.17, 15) is 13.6 Å². The third-order valence-electron chi connectivity index (χ3n) is 4.56. The second-order valence-electron chi connectivity index (χ2n) is 6.30. The molecule has 1 aliphatic heterocycles. The maximum atomic E-state index is 13.3. The molecule has 1 heterocycles. The summed E-state index contributed by atoms with van der Waals surface area (Å²) >= 11 is 0. The largest absolute Gasteiger partial charge is 0.349 e. The molecular weight excluding hydrogens is 314 g/mol. The summed E-state index contributed by atoms with van der Waals surface area (Å²) in [5.74, 6) is 5.65. The molecule has 2 saturated carbocycles. The lowest BCUT2D eigenvalue weighted by atomic mass is 10.1. The van der Waals surface area contributed by atoms with Gasteiger partial charge in [0.05, 0.1) is 5.57 Å². The summed E-state index contributed by atoms with van der Waals surface area (Å²) in [6.45, 7) is 3.66. The lowest BCUT2D eigenvalue weighted by molar-refractivity contribution is -0.118. The van der Waals surface area contributed by atoms with Crippen molar-refractivity contribution in [2.24, 2.45) is 5.84 Å². The molecule has 1 amide bonds. The van der Waals surface area contributed by atoms with E-state index in [1.165, 1.54) is 12.2 Å². The van der Waals surface area contributed by atoms with Gasteiger partial charge in [-0.05, 0) is 37.3 Å². The van der Waals surface area contributed by atoms with Crippen LogP contribution in [0, 0.1) is 0 Å². The number of nitrogens with two attached hydrogens (primary N) is 1. The normalized spacial score (nSPS) is 23.2. The molecule has 0 atom stereocenters. The second kappa shape index (κ2) is 6.76. The lowest BCUT2D eigenvalue weighted by Crippen LogP contribution is -2.45. The van der Waals surface area contributed by atoms with Crippen LogP contribution < -0.4 is 16.5 Å². The van der Waals surface area contributed by atoms with Crippen LogP contribution in [0.25, 0.3) is 0 Å². The Labute approximate surface area is 139 Å². The van der Waals surface area contributed by atoms with E-state index in [0.717, 1.165) is 49.1 Å². The minimum atomic E-state index is -2.73. The van der Waals surface area contributed by atoms with Crippen LogP contribution in [-0.4, -0.2) is 23.4 Å². The van der Waals surface area contributed by atoms with Crippen molar-refractivity contribution in [2.45, 2.75) is 51.0 Å². The minimum Gasteiger partial charge on any atom is -0.349 e. The number of hydrogen-bond donors (Lipinski definition) is 3. The molecular formula is C17H22F2N4O. The van der Waals surface area contributed by atoms with Crippen LogP contribution >= 0.6 is 0 Å². The summed E-state index contributed by atoms with van der Waals surface area (Å²) in [5, 5.41) is 6.81. The predicted molar refractivity (Wildman–Crippen MR) is 87.1 cm³/mol. The van der Waals surface area contributed by atoms with Crippen LogP contribution in [0.2, 0.25) is 0 Å². The van der Waals surface area contributed by atoms with E-state index >= 15 is 0 Å². The Morgan fingerprint density at radius 1 is 1.42 bits per heavy atom. The van der Waals surface area contributed by atoms with Crippen molar-refractivity contribution in [1.29, 1.82) is 0 Å². The fraction of sp³-hybridized carbons (Fsp3) is 0.471. The summed E-state index contributed by atoms with van der Waals surface area (Å²) in [6.07, 6.45) is 5.75. The highest BCUT2D eigenvalue weighted by Crippen LogP contribution is 2.35. The standard InChI is InChI=1S/C17H22F2N4O/c1-2-12(17(24)21-11-5-3-4-6-11)16-22-13(10-7-8-10)9-14(15(18)19)23(16)20/h2,9,11,15,22H,1,3-8,20H2,(H,21,24)/b16-12+. The fourth-order valence-corrected chi connectivity index (χ4v) is 3.09. The van der Waals surface area contributed by atoms with Crippen LogP contribution in [0.1, 0.15) is 38.5 Å². The molecule has 5 nitrogen and oxygen atoms in total. The molecule has 0 spiro atoms. The van der Waals surface area contributed by atoms with Gasteiger partial charge in [0.15, 0.2) is 0 Å². The zero-order valence-electron chi connectivity index (χ0n) is 13.4. The molecule has 2 aliphatic carbocycles. The number of amides is 1. The Morgan fingerprint density at radius 3 is 2.62 bits per heavy atom. The second-order valence-corrected chi connectivity index (χ2v) is 6.30. The van der Waals surface area contributed by atoms with Crippen LogP contribution in [0.15, 0.2) is 47.1 Å². The van der Waals surface area contributed by atoms with E-state index in [2.05, 4.69) is 17.2 Å². The van der Waals surface area contributed by atoms with Crippen molar-refractivity contribution in [3.8, 4) is 0 Å². The Balaban J connectivity index is 1.92. The van der Waals surface area contributed by atoms with Gasteiger partial charge in [-0.3, -0.25) is 9.80 Å². The maximum absolute atomic E-state index is 13.3. The van der Waals surface area contributed by atoms with Gasteiger partial charge >= 0.3 is 0 Å². The van der Waals surface area contributed by atoms with Gasteiger partial charge in [-0.2, -0.15) is 0 Å². The average molecular weight is 336 g/mol. The topological polar surface area (TPSA) is 70.4 Å². The first-order chi connectivity index (χ1) is 11.5. The van der Waals surface area contributed by atoms with Gasteiger partial charge in [-0.1, -0.05) is 25.5 Å². The summed E-state index contributed by atoms with van der Waals surface area (Å²) in [7, 11) is 0. The number of carbonyl (C=O) groups is 1. The number of rotatable bonds is 4. The summed E-state index contributed by atoms with van der Waals surface area (Å²) in [4.78, 5) is 12.6. The highest BCUT2D eigenvalue weighted by molar-refractivity contribution is 5.97. The number of allylic oxidation sites excluding steroid dienone is 3. The molecule has 0 saturated heterocycles. The van der Waals surface area contributed by atoms with Crippen molar-refractivity contribution in [3.63, 3.8) is 0 Å². The molecule has 4 N–H and O–H groups in total. The van der Waals surface area contributed by atoms with E-state index in [-0.39, 0.29) is 29.0 Å². The molecule has 0 bridgehead atoms. The third-order valence-corrected chi connectivity index (χ3v) is 4.56. The van der Waals surface area contributed by atoms with E-state index in [1.54, 1.807) is 0 Å². The highest BCUT2D eigenvalue weighted by atomic mass is 19.3. The first-order valence-corrected chi connectivity index (χ1v) is 8.22. The Kier molecular flexibility index (Phi) is 4.71. The number of hydrazine groups is 1. The smallest absolute Gasteiger partial charge is 0.280 e. The van der Waals surface area contributed by atoms with Crippen LogP contribution in [0.4, 0.5) is 8.78 Å². The quantitative estimate of drug-likeness (QED) is 0.545. The van der Waals surface area contributed by atoms with Gasteiger partial charge in [-0.15, -0.1) is 0 Å². The van der Waals surface area contributed by atoms with Crippen molar-refractivity contribution < 1.29 is 13.6 Å². The van der Waals surface area contributed by atoms with Gasteiger partial charge in [0.2, 0.25) is 0 Å². The molecule has 0 unspecified atom stereocenters. The zero-order chi connectivity index (χ0) is 17.3. The molecule has 0 radical (unpaired) electrons. The van der Waals surface area contributed by atoms with Crippen molar-refractivity contribution >= 4 is 5.91 Å². The molecule has 3 aliphatic rings. The fourth-order valence-electron chi connectivity index (χ4n) is 3.09. The molecule has 2 fully saturated rings. The highest BCUT2D eigenvalue weighted by Gasteiger charge is 2.31.